The van der Waals surface area contributed by atoms with E-state index in [2.05, 4.69) is 10.3 Å². The first-order valence-corrected chi connectivity index (χ1v) is 15.4. The Bertz CT molecular complexity index is 1890. The summed E-state index contributed by atoms with van der Waals surface area (Å²) in [5, 5.41) is 14.0. The highest BCUT2D eigenvalue weighted by molar-refractivity contribution is 5.95. The molecule has 8 rings (SSSR count). The van der Waals surface area contributed by atoms with Crippen molar-refractivity contribution in [2.45, 2.75) is 56.3 Å². The van der Waals surface area contributed by atoms with Gasteiger partial charge in [0.25, 0.3) is 5.91 Å². The minimum Gasteiger partial charge on any atom is -0.464 e. The summed E-state index contributed by atoms with van der Waals surface area (Å²) in [5.74, 6) is -0.0765. The first kappa shape index (κ1) is 30.2. The molecule has 0 spiro atoms. The molecule has 8 nitrogen and oxygen atoms in total. The molecule has 4 aliphatic rings. The second kappa shape index (κ2) is 11.1. The molecule has 4 aliphatic carbocycles. The van der Waals surface area contributed by atoms with Crippen LogP contribution in [0.3, 0.4) is 0 Å². The fourth-order valence-corrected chi connectivity index (χ4v) is 8.20. The molecule has 4 bridgehead atoms. The average molecular weight is 632 g/mol. The topological polar surface area (TPSA) is 111 Å². The Morgan fingerprint density at radius 1 is 1.00 bits per heavy atom. The van der Waals surface area contributed by atoms with E-state index in [1.165, 1.54) is 4.57 Å². The normalized spacial score (nSPS) is 25.1. The number of aromatic nitrogens is 2. The number of rotatable bonds is 6. The molecule has 0 radical (unpaired) electrons. The van der Waals surface area contributed by atoms with E-state index in [9.17, 15) is 32.7 Å². The predicted octanol–water partition coefficient (Wildman–Crippen LogP) is 5.45. The van der Waals surface area contributed by atoms with Gasteiger partial charge in [-0.15, -0.1) is 0 Å². The Hall–Kier alpha value is -4.51. The maximum Gasteiger partial charge on any atom is 0.433 e. The van der Waals surface area contributed by atoms with Crippen molar-refractivity contribution >= 4 is 22.9 Å². The Morgan fingerprint density at radius 3 is 2.28 bits per heavy atom. The van der Waals surface area contributed by atoms with E-state index in [1.54, 1.807) is 54.6 Å². The first-order chi connectivity index (χ1) is 21.9. The molecule has 4 aromatic rings. The van der Waals surface area contributed by atoms with Gasteiger partial charge in [-0.05, 0) is 91.8 Å². The Kier molecular flexibility index (Phi) is 7.26. The fourth-order valence-electron chi connectivity index (χ4n) is 8.20. The highest BCUT2D eigenvalue weighted by atomic mass is 19.4. The predicted molar refractivity (Wildman–Crippen MR) is 163 cm³/mol. The standard InChI is InChI=1S/C35H32F3N3O5/c1-46-33(44)29-26(30(42)25-11-12-27(35(36,37)38)39-31(25)41(29)24-5-3-2-4-6-24)15-19-7-9-21(10-8-19)32(43)40-28-22-13-20-14-23(28)18-34(45,16-20)17-22/h2-12,20,22-23,28,45H,13-18H2,1H3,(H,40,43)/t20-,22-,23-,28-,34-/m0/s1. The maximum atomic E-state index is 13.8. The molecule has 2 aromatic heterocycles. The molecule has 0 saturated heterocycles. The molecule has 0 unspecified atom stereocenters. The van der Waals surface area contributed by atoms with Crippen molar-refractivity contribution in [3.63, 3.8) is 0 Å². The van der Waals surface area contributed by atoms with Crippen LogP contribution in [0.4, 0.5) is 13.2 Å². The molecule has 46 heavy (non-hydrogen) atoms. The summed E-state index contributed by atoms with van der Waals surface area (Å²) in [6.45, 7) is 0. The summed E-state index contributed by atoms with van der Waals surface area (Å²) in [7, 11) is 1.13. The van der Waals surface area contributed by atoms with Crippen LogP contribution in [0.15, 0.2) is 71.5 Å². The molecule has 2 N–H and O–H groups in total. The van der Waals surface area contributed by atoms with Crippen LogP contribution in [0.25, 0.3) is 16.7 Å². The number of para-hydroxylation sites is 1. The number of alkyl halides is 3. The van der Waals surface area contributed by atoms with Crippen LogP contribution in [0.1, 0.15) is 69.8 Å². The zero-order valence-corrected chi connectivity index (χ0v) is 25.0. The number of hydrogen-bond donors (Lipinski definition) is 2. The summed E-state index contributed by atoms with van der Waals surface area (Å²) < 4.78 is 47.3. The molecule has 2 heterocycles. The number of benzene rings is 2. The number of hydrogen-bond acceptors (Lipinski definition) is 6. The summed E-state index contributed by atoms with van der Waals surface area (Å²) in [6, 6.07) is 16.8. The summed E-state index contributed by atoms with van der Waals surface area (Å²) in [5.41, 5.74) is -1.61. The van der Waals surface area contributed by atoms with Gasteiger partial charge >= 0.3 is 12.1 Å². The smallest absolute Gasteiger partial charge is 0.433 e. The monoisotopic (exact) mass is 631 g/mol. The van der Waals surface area contributed by atoms with E-state index in [4.69, 9.17) is 4.74 Å². The van der Waals surface area contributed by atoms with Crippen molar-refractivity contribution < 1.29 is 32.6 Å². The van der Waals surface area contributed by atoms with Crippen LogP contribution < -0.4 is 10.7 Å². The summed E-state index contributed by atoms with van der Waals surface area (Å²) >= 11 is 0. The van der Waals surface area contributed by atoms with Crippen LogP contribution in [0, 0.1) is 17.8 Å². The van der Waals surface area contributed by atoms with Crippen molar-refractivity contribution in [2.75, 3.05) is 7.11 Å². The highest BCUT2D eigenvalue weighted by Gasteiger charge is 2.55. The Labute approximate surface area is 262 Å². The van der Waals surface area contributed by atoms with Crippen molar-refractivity contribution in [3.8, 4) is 5.69 Å². The Balaban J connectivity index is 1.23. The van der Waals surface area contributed by atoms with Gasteiger partial charge in [0, 0.05) is 29.3 Å². The average Bonchev–Trinajstić information content (AvgIpc) is 3.02. The number of fused-ring (bicyclic) bond motifs is 1. The van der Waals surface area contributed by atoms with Crippen molar-refractivity contribution in [2.24, 2.45) is 17.8 Å². The van der Waals surface area contributed by atoms with Gasteiger partial charge in [-0.25, -0.2) is 9.78 Å². The molecule has 4 fully saturated rings. The minimum atomic E-state index is -4.78. The maximum absolute atomic E-state index is 13.8. The van der Waals surface area contributed by atoms with Gasteiger partial charge in [-0.3, -0.25) is 14.2 Å². The van der Waals surface area contributed by atoms with Gasteiger partial charge in [-0.2, -0.15) is 13.2 Å². The van der Waals surface area contributed by atoms with Crippen LogP contribution in [-0.2, 0) is 17.3 Å². The number of methoxy groups -OCH3 is 1. The van der Waals surface area contributed by atoms with Crippen LogP contribution in [-0.4, -0.2) is 45.3 Å². The van der Waals surface area contributed by atoms with E-state index >= 15 is 0 Å². The molecule has 238 valence electrons. The zero-order valence-electron chi connectivity index (χ0n) is 25.0. The van der Waals surface area contributed by atoms with Crippen molar-refractivity contribution in [1.82, 2.24) is 14.9 Å². The minimum absolute atomic E-state index is 0.0205. The number of halogens is 3. The number of nitrogens with zero attached hydrogens (tertiary/aromatic N) is 2. The van der Waals surface area contributed by atoms with Crippen LogP contribution in [0.5, 0.6) is 0 Å². The van der Waals surface area contributed by atoms with Gasteiger partial charge < -0.3 is 15.2 Å². The quantitative estimate of drug-likeness (QED) is 0.274. The van der Waals surface area contributed by atoms with E-state index < -0.39 is 28.9 Å². The molecular formula is C35H32F3N3O5. The molecule has 11 heteroatoms. The number of esters is 1. The first-order valence-electron chi connectivity index (χ1n) is 15.4. The lowest BCUT2D eigenvalue weighted by Gasteiger charge is -2.58. The summed E-state index contributed by atoms with van der Waals surface area (Å²) in [4.78, 5) is 44.2. The summed E-state index contributed by atoms with van der Waals surface area (Å²) in [6.07, 6.45) is -0.506. The SMILES string of the molecule is COC(=O)c1c(Cc2ccc(C(=O)N[C@H]3[C@H]4C[C@H]5C[C@H]3C[C@@](O)(C4)C5)cc2)c(=O)c2ccc(C(F)(F)F)nc2n1-c1ccccc1. The third-order valence-corrected chi connectivity index (χ3v) is 9.93. The van der Waals surface area contributed by atoms with Gasteiger partial charge in [0.15, 0.2) is 5.43 Å². The molecule has 1 amide bonds. The molecular weight excluding hydrogens is 599 g/mol. The molecule has 0 aliphatic heterocycles. The second-order valence-electron chi connectivity index (χ2n) is 13.0. The van der Waals surface area contributed by atoms with Crippen molar-refractivity contribution in [3.05, 3.63) is 105 Å². The van der Waals surface area contributed by atoms with Crippen molar-refractivity contribution in [1.29, 1.82) is 0 Å². The van der Waals surface area contributed by atoms with E-state index in [-0.39, 0.29) is 52.5 Å². The number of amides is 1. The number of carbonyl (C=O) groups excluding carboxylic acids is 2. The molecule has 2 atom stereocenters. The zero-order chi connectivity index (χ0) is 32.4. The highest BCUT2D eigenvalue weighted by Crippen LogP contribution is 2.55. The van der Waals surface area contributed by atoms with Gasteiger partial charge in [0.2, 0.25) is 0 Å². The lowest BCUT2D eigenvalue weighted by Crippen LogP contribution is -2.61. The Morgan fingerprint density at radius 2 is 1.67 bits per heavy atom. The number of carbonyl (C=O) groups is 2. The van der Waals surface area contributed by atoms with Crippen LogP contribution in [0.2, 0.25) is 0 Å². The number of ether oxygens (including phenoxy) is 1. The van der Waals surface area contributed by atoms with E-state index in [0.717, 1.165) is 38.5 Å². The molecule has 4 saturated carbocycles. The number of nitrogens with one attached hydrogen (secondary N) is 1. The van der Waals surface area contributed by atoms with Gasteiger partial charge in [0.1, 0.15) is 17.0 Å². The van der Waals surface area contributed by atoms with E-state index in [0.29, 0.717) is 35.6 Å². The number of pyridine rings is 2. The lowest BCUT2D eigenvalue weighted by molar-refractivity contribution is -0.141. The molecule has 2 aromatic carbocycles. The lowest BCUT2D eigenvalue weighted by atomic mass is 9.52. The number of aliphatic hydroxyl groups is 1. The van der Waals surface area contributed by atoms with Gasteiger partial charge in [0.05, 0.1) is 18.1 Å². The third kappa shape index (κ3) is 5.26. The second-order valence-corrected chi connectivity index (χ2v) is 13.0. The van der Waals surface area contributed by atoms with Gasteiger partial charge in [-0.1, -0.05) is 30.3 Å². The third-order valence-electron chi connectivity index (χ3n) is 9.93. The van der Waals surface area contributed by atoms with Crippen LogP contribution >= 0.6 is 0 Å². The van der Waals surface area contributed by atoms with E-state index in [1.807, 2.05) is 0 Å². The fraction of sp³-hybridized carbons (Fsp3) is 0.371. The largest absolute Gasteiger partial charge is 0.464 e.